The van der Waals surface area contributed by atoms with Crippen molar-refractivity contribution in [1.82, 2.24) is 0 Å². The van der Waals surface area contributed by atoms with E-state index in [0.29, 0.717) is 77.9 Å². The van der Waals surface area contributed by atoms with Crippen LogP contribution in [-0.2, 0) is 38.5 Å². The molecule has 1 atom stereocenters. The van der Waals surface area contributed by atoms with E-state index in [1.54, 1.807) is 6.92 Å². The van der Waals surface area contributed by atoms with Crippen LogP contribution in [0.3, 0.4) is 0 Å². The van der Waals surface area contributed by atoms with Crippen molar-refractivity contribution in [2.45, 2.75) is 50.9 Å². The molecule has 10 nitrogen and oxygen atoms in total. The van der Waals surface area contributed by atoms with E-state index in [2.05, 4.69) is 6.58 Å². The van der Waals surface area contributed by atoms with Crippen LogP contribution in [0.15, 0.2) is 12.2 Å². The van der Waals surface area contributed by atoms with Crippen LogP contribution in [-0.4, -0.2) is 103 Å². The SMILES string of the molecule is C=C(C)COC(CCOCCCOCCCOCCCOCCCOCCCO)S(=O)(=O)O. The van der Waals surface area contributed by atoms with E-state index < -0.39 is 15.6 Å². The van der Waals surface area contributed by atoms with Crippen LogP contribution in [0.2, 0.25) is 0 Å². The first-order valence-corrected chi connectivity index (χ1v) is 13.1. The lowest BCUT2D eigenvalue weighted by Gasteiger charge is -2.15. The Kier molecular flexibility index (Phi) is 22.7. The zero-order valence-corrected chi connectivity index (χ0v) is 20.9. The molecule has 0 bridgehead atoms. The van der Waals surface area contributed by atoms with Gasteiger partial charge in [0.2, 0.25) is 0 Å². The summed E-state index contributed by atoms with van der Waals surface area (Å²) in [5.41, 5.74) is -0.635. The Labute approximate surface area is 199 Å². The van der Waals surface area contributed by atoms with E-state index in [1.807, 2.05) is 0 Å². The van der Waals surface area contributed by atoms with Gasteiger partial charge in [-0.3, -0.25) is 4.55 Å². The Morgan fingerprint density at radius 2 is 1.09 bits per heavy atom. The Hall–Kier alpha value is -0.630. The molecule has 198 valence electrons. The van der Waals surface area contributed by atoms with E-state index in [9.17, 15) is 13.0 Å². The number of ether oxygens (including phenoxy) is 6. The van der Waals surface area contributed by atoms with Gasteiger partial charge in [0.1, 0.15) is 0 Å². The van der Waals surface area contributed by atoms with E-state index in [-0.39, 0.29) is 26.2 Å². The molecule has 0 aliphatic heterocycles. The molecule has 0 radical (unpaired) electrons. The van der Waals surface area contributed by atoms with E-state index in [1.165, 1.54) is 0 Å². The summed E-state index contributed by atoms with van der Waals surface area (Å²) in [5.74, 6) is 0. The summed E-state index contributed by atoms with van der Waals surface area (Å²) < 4.78 is 64.1. The van der Waals surface area contributed by atoms with E-state index >= 15 is 0 Å². The van der Waals surface area contributed by atoms with Crippen LogP contribution in [0.5, 0.6) is 0 Å². The molecule has 0 aliphatic rings. The molecule has 0 aliphatic carbocycles. The smallest absolute Gasteiger partial charge is 0.292 e. The molecule has 11 heteroatoms. The van der Waals surface area contributed by atoms with Gasteiger partial charge in [-0.05, 0) is 39.0 Å². The predicted octanol–water partition coefficient (Wildman–Crippen LogP) is 2.21. The van der Waals surface area contributed by atoms with Crippen molar-refractivity contribution in [1.29, 1.82) is 0 Å². The minimum atomic E-state index is -4.28. The van der Waals surface area contributed by atoms with Crippen molar-refractivity contribution in [2.24, 2.45) is 0 Å². The highest BCUT2D eigenvalue weighted by Crippen LogP contribution is 2.08. The van der Waals surface area contributed by atoms with Gasteiger partial charge in [0, 0.05) is 72.5 Å². The topological polar surface area (TPSA) is 130 Å². The highest BCUT2D eigenvalue weighted by atomic mass is 32.2. The molecular formula is C22H44O10S. The largest absolute Gasteiger partial charge is 0.396 e. The maximum atomic E-state index is 11.3. The maximum Gasteiger partial charge on any atom is 0.292 e. The normalized spacial score (nSPS) is 12.8. The highest BCUT2D eigenvalue weighted by molar-refractivity contribution is 7.86. The Morgan fingerprint density at radius 1 is 0.727 bits per heavy atom. The molecule has 0 fully saturated rings. The number of aliphatic hydroxyl groups is 1. The number of hydrogen-bond donors (Lipinski definition) is 2. The Balaban J connectivity index is 3.33. The Morgan fingerprint density at radius 3 is 1.42 bits per heavy atom. The fourth-order valence-electron chi connectivity index (χ4n) is 2.46. The standard InChI is InChI=1S/C22H44O10S/c1-21(2)20-32-22(33(24,25)26)8-19-31-18-7-17-30-16-6-15-29-14-5-13-28-12-4-11-27-10-3-9-23/h22-23H,1,3-20H2,2H3,(H,24,25,26). The van der Waals surface area contributed by atoms with Crippen molar-refractivity contribution >= 4 is 10.1 Å². The summed E-state index contributed by atoms with van der Waals surface area (Å²) in [6, 6.07) is 0. The molecule has 0 aromatic carbocycles. The summed E-state index contributed by atoms with van der Waals surface area (Å²) in [6.07, 6.45) is 3.92. The van der Waals surface area contributed by atoms with Crippen molar-refractivity contribution in [3.8, 4) is 0 Å². The molecule has 1 unspecified atom stereocenters. The maximum absolute atomic E-state index is 11.3. The monoisotopic (exact) mass is 500 g/mol. The average Bonchev–Trinajstić information content (AvgIpc) is 2.75. The zero-order chi connectivity index (χ0) is 24.6. The first-order chi connectivity index (χ1) is 15.9. The third-order valence-electron chi connectivity index (χ3n) is 4.10. The molecule has 0 saturated carbocycles. The van der Waals surface area contributed by atoms with Crippen molar-refractivity contribution in [2.75, 3.05) is 79.3 Å². The first kappa shape index (κ1) is 32.4. The van der Waals surface area contributed by atoms with Gasteiger partial charge in [-0.2, -0.15) is 8.42 Å². The average molecular weight is 501 g/mol. The molecular weight excluding hydrogens is 456 g/mol. The lowest BCUT2D eigenvalue weighted by atomic mass is 10.4. The van der Waals surface area contributed by atoms with Crippen LogP contribution < -0.4 is 0 Å². The van der Waals surface area contributed by atoms with Crippen LogP contribution in [0.1, 0.15) is 45.4 Å². The molecule has 0 saturated heterocycles. The third-order valence-corrected chi connectivity index (χ3v) is 5.14. The minimum absolute atomic E-state index is 0.0508. The van der Waals surface area contributed by atoms with Gasteiger partial charge in [0.05, 0.1) is 13.2 Å². The summed E-state index contributed by atoms with van der Waals surface area (Å²) in [6.45, 7) is 11.2. The van der Waals surface area contributed by atoms with Crippen LogP contribution in [0, 0.1) is 0 Å². The molecule has 0 aromatic rings. The van der Waals surface area contributed by atoms with Gasteiger partial charge in [0.15, 0.2) is 5.44 Å². The quantitative estimate of drug-likeness (QED) is 0.104. The lowest BCUT2D eigenvalue weighted by Crippen LogP contribution is -2.26. The van der Waals surface area contributed by atoms with Crippen LogP contribution in [0.25, 0.3) is 0 Å². The minimum Gasteiger partial charge on any atom is -0.396 e. The van der Waals surface area contributed by atoms with Crippen molar-refractivity contribution in [3.63, 3.8) is 0 Å². The van der Waals surface area contributed by atoms with Crippen LogP contribution in [0.4, 0.5) is 0 Å². The molecule has 2 N–H and O–H groups in total. The number of rotatable bonds is 26. The first-order valence-electron chi connectivity index (χ1n) is 11.6. The van der Waals surface area contributed by atoms with Gasteiger partial charge in [0.25, 0.3) is 10.1 Å². The third kappa shape index (κ3) is 24.3. The summed E-state index contributed by atoms with van der Waals surface area (Å²) >= 11 is 0. The van der Waals surface area contributed by atoms with Crippen LogP contribution >= 0.6 is 0 Å². The zero-order valence-electron chi connectivity index (χ0n) is 20.1. The Bertz CT molecular complexity index is 541. The van der Waals surface area contributed by atoms with Gasteiger partial charge in [-0.25, -0.2) is 0 Å². The van der Waals surface area contributed by atoms with Gasteiger partial charge in [-0.15, -0.1) is 0 Å². The van der Waals surface area contributed by atoms with E-state index in [0.717, 1.165) is 19.3 Å². The predicted molar refractivity (Wildman–Crippen MR) is 125 cm³/mol. The molecule has 0 rings (SSSR count). The summed E-state index contributed by atoms with van der Waals surface area (Å²) in [5, 5.41) is 8.62. The van der Waals surface area contributed by atoms with Gasteiger partial charge >= 0.3 is 0 Å². The molecule has 0 heterocycles. The van der Waals surface area contributed by atoms with E-state index in [4.69, 9.17) is 33.5 Å². The van der Waals surface area contributed by atoms with Gasteiger partial charge < -0.3 is 33.5 Å². The molecule has 33 heavy (non-hydrogen) atoms. The summed E-state index contributed by atoms with van der Waals surface area (Å²) in [7, 11) is -4.28. The number of hydrogen-bond acceptors (Lipinski definition) is 9. The molecule has 0 aromatic heterocycles. The fraction of sp³-hybridized carbons (Fsp3) is 0.909. The lowest BCUT2D eigenvalue weighted by molar-refractivity contribution is 0.0426. The molecule has 0 spiro atoms. The summed E-state index contributed by atoms with van der Waals surface area (Å²) in [4.78, 5) is 0. The fourth-order valence-corrected chi connectivity index (χ4v) is 3.10. The number of aliphatic hydroxyl groups excluding tert-OH is 1. The second-order valence-corrected chi connectivity index (χ2v) is 9.11. The van der Waals surface area contributed by atoms with Crippen molar-refractivity contribution in [3.05, 3.63) is 12.2 Å². The second kappa shape index (κ2) is 23.1. The highest BCUT2D eigenvalue weighted by Gasteiger charge is 2.23. The van der Waals surface area contributed by atoms with Gasteiger partial charge in [-0.1, -0.05) is 12.2 Å². The second-order valence-electron chi connectivity index (χ2n) is 7.55. The van der Waals surface area contributed by atoms with Crippen molar-refractivity contribution < 1.29 is 46.5 Å². The molecule has 0 amide bonds.